The van der Waals surface area contributed by atoms with Crippen LogP contribution in [0.1, 0.15) is 27.0 Å². The van der Waals surface area contributed by atoms with Crippen molar-refractivity contribution < 1.29 is 24.5 Å². The fraction of sp³-hybridized carbons (Fsp3) is 0.667. The van der Waals surface area contributed by atoms with Crippen LogP contribution in [0, 0.1) is 5.92 Å². The second kappa shape index (κ2) is 8.72. The predicted octanol–water partition coefficient (Wildman–Crippen LogP) is 0.129. The number of esters is 1. The minimum atomic E-state index is -1.84. The molecule has 0 spiro atoms. The van der Waals surface area contributed by atoms with E-state index < -0.39 is 48.3 Å². The lowest BCUT2D eigenvalue weighted by Crippen LogP contribution is -2.51. The molecule has 1 aromatic rings. The molecular formula is C15H22Cl2N4O6. The summed E-state index contributed by atoms with van der Waals surface area (Å²) in [4.78, 5) is 32.8. The fourth-order valence-corrected chi connectivity index (χ4v) is 3.30. The summed E-state index contributed by atoms with van der Waals surface area (Å²) in [6.45, 7) is 4.31. The lowest BCUT2D eigenvalue weighted by atomic mass is 9.95. The Morgan fingerprint density at radius 1 is 1.52 bits per heavy atom. The number of aliphatic hydroxyl groups excluding tert-OH is 1. The van der Waals surface area contributed by atoms with Gasteiger partial charge in [0, 0.05) is 18.0 Å². The van der Waals surface area contributed by atoms with Gasteiger partial charge in [0.05, 0.1) is 6.61 Å². The number of carbonyl (C=O) groups excluding carboxylic acids is 1. The van der Waals surface area contributed by atoms with Gasteiger partial charge in [-0.1, -0.05) is 13.8 Å². The maximum Gasteiger partial charge on any atom is 0.351 e. The first-order valence-corrected chi connectivity index (χ1v) is 8.94. The van der Waals surface area contributed by atoms with Crippen molar-refractivity contribution in [1.82, 2.24) is 14.4 Å². The summed E-state index contributed by atoms with van der Waals surface area (Å²) in [5.74, 6) is -0.793. The van der Waals surface area contributed by atoms with E-state index in [0.717, 1.165) is 4.57 Å². The van der Waals surface area contributed by atoms with Crippen LogP contribution < -0.4 is 15.4 Å². The molecule has 10 nitrogen and oxygen atoms in total. The third-order valence-electron chi connectivity index (χ3n) is 4.36. The monoisotopic (exact) mass is 424 g/mol. The fourth-order valence-electron chi connectivity index (χ4n) is 2.86. The summed E-state index contributed by atoms with van der Waals surface area (Å²) in [7, 11) is 0. The summed E-state index contributed by atoms with van der Waals surface area (Å²) in [5, 5.41) is 20.6. The average Bonchev–Trinajstić information content (AvgIpc) is 2.85. The molecule has 1 aliphatic rings. The minimum absolute atomic E-state index is 0.116. The van der Waals surface area contributed by atoms with Gasteiger partial charge < -0.3 is 19.7 Å². The molecule has 1 fully saturated rings. The Labute approximate surface area is 165 Å². The Hall–Kier alpha value is -1.43. The summed E-state index contributed by atoms with van der Waals surface area (Å²) in [6, 6.07) is 0.562. The van der Waals surface area contributed by atoms with Crippen molar-refractivity contribution in [3.63, 3.8) is 0 Å². The summed E-state index contributed by atoms with van der Waals surface area (Å²) >= 11 is 11.0. The van der Waals surface area contributed by atoms with E-state index in [4.69, 9.17) is 33.0 Å². The van der Waals surface area contributed by atoms with Crippen LogP contribution in [0.2, 0.25) is 0 Å². The first kappa shape index (κ1) is 21.9. The molecule has 1 aliphatic heterocycles. The normalized spacial score (nSPS) is 29.0. The second-order valence-electron chi connectivity index (χ2n) is 6.72. The van der Waals surface area contributed by atoms with Gasteiger partial charge in [-0.25, -0.2) is 9.63 Å². The zero-order valence-electron chi connectivity index (χ0n) is 14.9. The SMILES string of the molecule is CC(C)[C@H](NCl)C(=O)OC1[C@@H](CO)O[C@@H](n2ccc(NCl)nc2=O)[C@@]1(C)O. The molecular weight excluding hydrogens is 403 g/mol. The third kappa shape index (κ3) is 4.36. The summed E-state index contributed by atoms with van der Waals surface area (Å²) in [5.41, 5.74) is -2.59. The van der Waals surface area contributed by atoms with Crippen LogP contribution in [0.15, 0.2) is 17.1 Å². The molecule has 0 radical (unpaired) electrons. The van der Waals surface area contributed by atoms with Crippen LogP contribution in [0.4, 0.5) is 5.82 Å². The highest BCUT2D eigenvalue weighted by molar-refractivity contribution is 6.23. The van der Waals surface area contributed by atoms with Crippen molar-refractivity contribution in [2.75, 3.05) is 11.4 Å². The number of nitrogens with one attached hydrogen (secondary N) is 2. The van der Waals surface area contributed by atoms with E-state index in [2.05, 4.69) is 14.7 Å². The van der Waals surface area contributed by atoms with Gasteiger partial charge in [-0.3, -0.25) is 14.2 Å². The molecule has 0 bridgehead atoms. The number of rotatable bonds is 7. The number of aliphatic hydroxyl groups is 2. The lowest BCUT2D eigenvalue weighted by molar-refractivity contribution is -0.167. The molecule has 1 unspecified atom stereocenters. The Balaban J connectivity index is 2.32. The molecule has 4 N–H and O–H groups in total. The molecule has 1 aromatic heterocycles. The van der Waals surface area contributed by atoms with Crippen molar-refractivity contribution in [1.29, 1.82) is 0 Å². The molecule has 0 aromatic carbocycles. The Morgan fingerprint density at radius 3 is 2.67 bits per heavy atom. The molecule has 2 rings (SSSR count). The Morgan fingerprint density at radius 2 is 2.19 bits per heavy atom. The quantitative estimate of drug-likeness (QED) is 0.355. The van der Waals surface area contributed by atoms with Crippen LogP contribution in [-0.2, 0) is 14.3 Å². The maximum absolute atomic E-state index is 12.4. The molecule has 2 heterocycles. The van der Waals surface area contributed by atoms with Crippen molar-refractivity contribution >= 4 is 35.3 Å². The number of anilines is 1. The van der Waals surface area contributed by atoms with E-state index in [1.165, 1.54) is 19.2 Å². The highest BCUT2D eigenvalue weighted by Crippen LogP contribution is 2.39. The van der Waals surface area contributed by atoms with E-state index in [1.807, 2.05) is 0 Å². The second-order valence-corrected chi connectivity index (χ2v) is 7.13. The predicted molar refractivity (Wildman–Crippen MR) is 97.1 cm³/mol. The number of halogens is 2. The highest BCUT2D eigenvalue weighted by atomic mass is 35.5. The van der Waals surface area contributed by atoms with Crippen molar-refractivity contribution in [2.45, 2.75) is 50.8 Å². The van der Waals surface area contributed by atoms with Crippen molar-refractivity contribution in [3.05, 3.63) is 22.7 Å². The van der Waals surface area contributed by atoms with E-state index in [-0.39, 0.29) is 11.7 Å². The summed E-state index contributed by atoms with van der Waals surface area (Å²) in [6.07, 6.45) is -2.24. The van der Waals surface area contributed by atoms with Gasteiger partial charge in [0.2, 0.25) is 0 Å². The molecule has 0 aliphatic carbocycles. The molecule has 12 heteroatoms. The standard InChI is InChI=1S/C15H22Cl2N4O6/c1-7(2)10(20-17)12(23)27-11-8(6-22)26-13(15(11,3)25)21-5-4-9(19-16)18-14(21)24/h4-5,7-8,10-11,13,20,22,25H,6H2,1-3H3,(H,18,19,24)/t8-,10+,11?,13-,15+/m1/s1. The van der Waals surface area contributed by atoms with Crippen molar-refractivity contribution in [2.24, 2.45) is 5.92 Å². The Kier molecular flexibility index (Phi) is 7.06. The zero-order valence-corrected chi connectivity index (χ0v) is 16.4. The van der Waals surface area contributed by atoms with E-state index >= 15 is 0 Å². The average molecular weight is 425 g/mol. The van der Waals surface area contributed by atoms with Gasteiger partial charge in [0.25, 0.3) is 0 Å². The van der Waals surface area contributed by atoms with Gasteiger partial charge in [-0.15, -0.1) is 0 Å². The molecule has 27 heavy (non-hydrogen) atoms. The van der Waals surface area contributed by atoms with Gasteiger partial charge in [0.15, 0.2) is 12.3 Å². The van der Waals surface area contributed by atoms with Gasteiger partial charge in [-0.05, 0) is 30.7 Å². The van der Waals surface area contributed by atoms with Gasteiger partial charge >= 0.3 is 11.7 Å². The zero-order chi connectivity index (χ0) is 20.4. The Bertz CT molecular complexity index is 729. The van der Waals surface area contributed by atoms with Crippen molar-refractivity contribution in [3.8, 4) is 0 Å². The first-order chi connectivity index (χ1) is 12.7. The number of carbonyl (C=O) groups is 1. The molecule has 1 saturated heterocycles. The third-order valence-corrected chi connectivity index (χ3v) is 4.79. The number of aromatic nitrogens is 2. The van der Waals surface area contributed by atoms with E-state index in [9.17, 15) is 19.8 Å². The van der Waals surface area contributed by atoms with Crippen LogP contribution in [0.5, 0.6) is 0 Å². The van der Waals surface area contributed by atoms with E-state index in [0.29, 0.717) is 0 Å². The molecule has 0 saturated carbocycles. The number of hydrogen-bond acceptors (Lipinski definition) is 9. The lowest BCUT2D eigenvalue weighted by Gasteiger charge is -2.31. The molecule has 152 valence electrons. The van der Waals surface area contributed by atoms with Crippen LogP contribution in [0.25, 0.3) is 0 Å². The number of nitrogens with zero attached hydrogens (tertiary/aromatic N) is 2. The summed E-state index contributed by atoms with van der Waals surface area (Å²) < 4.78 is 12.0. The van der Waals surface area contributed by atoms with Crippen LogP contribution in [-0.4, -0.2) is 56.2 Å². The first-order valence-electron chi connectivity index (χ1n) is 8.18. The van der Waals surface area contributed by atoms with Gasteiger partial charge in [0.1, 0.15) is 23.6 Å². The van der Waals surface area contributed by atoms with Crippen LogP contribution >= 0.6 is 23.6 Å². The highest BCUT2D eigenvalue weighted by Gasteiger charge is 2.56. The van der Waals surface area contributed by atoms with E-state index in [1.54, 1.807) is 13.8 Å². The smallest absolute Gasteiger partial charge is 0.351 e. The largest absolute Gasteiger partial charge is 0.455 e. The minimum Gasteiger partial charge on any atom is -0.455 e. The van der Waals surface area contributed by atoms with Gasteiger partial charge in [-0.2, -0.15) is 4.98 Å². The topological polar surface area (TPSA) is 135 Å². The molecule has 5 atom stereocenters. The van der Waals surface area contributed by atoms with Crippen LogP contribution in [0.3, 0.4) is 0 Å². The maximum atomic E-state index is 12.4. The number of ether oxygens (including phenoxy) is 2. The number of hydrogen-bond donors (Lipinski definition) is 4. The molecule has 0 amide bonds.